The number of rotatable bonds is 4. The first-order chi connectivity index (χ1) is 12.5. The van der Waals surface area contributed by atoms with Gasteiger partial charge in [-0.3, -0.25) is 4.79 Å². The topological polar surface area (TPSA) is 67.9 Å². The van der Waals surface area contributed by atoms with Crippen molar-refractivity contribution in [2.75, 3.05) is 13.1 Å². The second-order valence-corrected chi connectivity index (χ2v) is 7.59. The van der Waals surface area contributed by atoms with E-state index in [0.717, 1.165) is 12.1 Å². The molecule has 1 aliphatic rings. The standard InChI is InChI=1S/C19H26F2N2O4/c1-12(22-18(25)27-19(2,3)4)17(24)23-9-7-14(8-10-23)26-16-6-5-13(20)11-15(16)21/h5-6,11-12,14H,7-10H2,1-4H3,(H,22,25)/t12-/m0/s1. The van der Waals surface area contributed by atoms with E-state index in [0.29, 0.717) is 25.9 Å². The zero-order valence-corrected chi connectivity index (χ0v) is 16.1. The number of likely N-dealkylation sites (tertiary alicyclic amines) is 1. The first kappa shape index (κ1) is 20.9. The molecule has 0 spiro atoms. The summed E-state index contributed by atoms with van der Waals surface area (Å²) < 4.78 is 37.3. The maximum Gasteiger partial charge on any atom is 0.408 e. The van der Waals surface area contributed by atoms with Crippen molar-refractivity contribution < 1.29 is 27.8 Å². The van der Waals surface area contributed by atoms with Crippen LogP contribution in [0.15, 0.2) is 18.2 Å². The van der Waals surface area contributed by atoms with E-state index in [1.54, 1.807) is 32.6 Å². The molecular formula is C19H26F2N2O4. The van der Waals surface area contributed by atoms with Crippen molar-refractivity contribution in [2.24, 2.45) is 0 Å². The summed E-state index contributed by atoms with van der Waals surface area (Å²) in [6, 6.07) is 2.46. The van der Waals surface area contributed by atoms with Crippen LogP contribution in [0.4, 0.5) is 13.6 Å². The molecule has 0 saturated carbocycles. The lowest BCUT2D eigenvalue weighted by molar-refractivity contribution is -0.134. The quantitative estimate of drug-likeness (QED) is 0.865. The van der Waals surface area contributed by atoms with Crippen LogP contribution in [-0.4, -0.2) is 47.7 Å². The van der Waals surface area contributed by atoms with Crippen molar-refractivity contribution in [1.29, 1.82) is 0 Å². The number of benzene rings is 1. The zero-order chi connectivity index (χ0) is 20.2. The van der Waals surface area contributed by atoms with Crippen molar-refractivity contribution in [3.8, 4) is 5.75 Å². The smallest absolute Gasteiger partial charge is 0.408 e. The monoisotopic (exact) mass is 384 g/mol. The van der Waals surface area contributed by atoms with Crippen molar-refractivity contribution in [1.82, 2.24) is 10.2 Å². The van der Waals surface area contributed by atoms with Gasteiger partial charge < -0.3 is 19.7 Å². The Balaban J connectivity index is 1.82. The van der Waals surface area contributed by atoms with E-state index in [1.807, 2.05) is 0 Å². The van der Waals surface area contributed by atoms with E-state index < -0.39 is 29.4 Å². The molecule has 27 heavy (non-hydrogen) atoms. The lowest BCUT2D eigenvalue weighted by Crippen LogP contribution is -2.51. The molecule has 0 aliphatic carbocycles. The maximum atomic E-state index is 13.7. The highest BCUT2D eigenvalue weighted by Gasteiger charge is 2.29. The Labute approximate surface area is 157 Å². The third kappa shape index (κ3) is 6.37. The molecule has 0 aromatic heterocycles. The van der Waals surface area contributed by atoms with Gasteiger partial charge in [-0.1, -0.05) is 0 Å². The molecule has 8 heteroatoms. The Bertz CT molecular complexity index is 683. The van der Waals surface area contributed by atoms with E-state index in [2.05, 4.69) is 5.32 Å². The second kappa shape index (κ2) is 8.54. The van der Waals surface area contributed by atoms with Crippen molar-refractivity contribution in [3.63, 3.8) is 0 Å². The van der Waals surface area contributed by atoms with Gasteiger partial charge in [0, 0.05) is 32.0 Å². The second-order valence-electron chi connectivity index (χ2n) is 7.59. The van der Waals surface area contributed by atoms with Gasteiger partial charge in [-0.25, -0.2) is 13.6 Å². The molecule has 1 N–H and O–H groups in total. The number of carbonyl (C=O) groups excluding carboxylic acids is 2. The van der Waals surface area contributed by atoms with Gasteiger partial charge in [-0.05, 0) is 39.8 Å². The number of nitrogens with zero attached hydrogens (tertiary/aromatic N) is 1. The third-order valence-corrected chi connectivity index (χ3v) is 4.04. The summed E-state index contributed by atoms with van der Waals surface area (Å²) >= 11 is 0. The molecule has 1 aromatic carbocycles. The molecule has 1 saturated heterocycles. The number of nitrogens with one attached hydrogen (secondary N) is 1. The third-order valence-electron chi connectivity index (χ3n) is 4.04. The highest BCUT2D eigenvalue weighted by atomic mass is 19.1. The molecule has 0 radical (unpaired) electrons. The molecular weight excluding hydrogens is 358 g/mol. The van der Waals surface area contributed by atoms with Crippen molar-refractivity contribution >= 4 is 12.0 Å². The zero-order valence-electron chi connectivity index (χ0n) is 16.1. The number of hydrogen-bond acceptors (Lipinski definition) is 4. The molecule has 1 fully saturated rings. The van der Waals surface area contributed by atoms with Crippen LogP contribution >= 0.6 is 0 Å². The average Bonchev–Trinajstić information content (AvgIpc) is 2.55. The van der Waals surface area contributed by atoms with Crippen LogP contribution in [0.25, 0.3) is 0 Å². The Morgan fingerprint density at radius 2 is 1.85 bits per heavy atom. The summed E-state index contributed by atoms with van der Waals surface area (Å²) in [6.45, 7) is 7.68. The normalized spacial score (nSPS) is 16.6. The number of alkyl carbamates (subject to hydrolysis) is 1. The number of piperidine rings is 1. The SMILES string of the molecule is C[C@H](NC(=O)OC(C)(C)C)C(=O)N1CCC(Oc2ccc(F)cc2F)CC1. The largest absolute Gasteiger partial charge is 0.487 e. The molecule has 0 unspecified atom stereocenters. The van der Waals surface area contributed by atoms with Gasteiger partial charge in [0.25, 0.3) is 0 Å². The van der Waals surface area contributed by atoms with Gasteiger partial charge in [-0.2, -0.15) is 0 Å². The highest BCUT2D eigenvalue weighted by molar-refractivity contribution is 5.85. The highest BCUT2D eigenvalue weighted by Crippen LogP contribution is 2.23. The van der Waals surface area contributed by atoms with Gasteiger partial charge in [0.2, 0.25) is 5.91 Å². The van der Waals surface area contributed by atoms with Gasteiger partial charge in [0.15, 0.2) is 11.6 Å². The summed E-state index contributed by atoms with van der Waals surface area (Å²) in [5.41, 5.74) is -0.641. The average molecular weight is 384 g/mol. The lowest BCUT2D eigenvalue weighted by Gasteiger charge is -2.34. The minimum Gasteiger partial charge on any atom is -0.487 e. The summed E-state index contributed by atoms with van der Waals surface area (Å²) in [6.07, 6.45) is 0.125. The van der Waals surface area contributed by atoms with Crippen LogP contribution in [-0.2, 0) is 9.53 Å². The van der Waals surface area contributed by atoms with Gasteiger partial charge in [0.1, 0.15) is 23.6 Å². The van der Waals surface area contributed by atoms with Crippen LogP contribution in [0, 0.1) is 11.6 Å². The van der Waals surface area contributed by atoms with Crippen LogP contribution in [0.1, 0.15) is 40.5 Å². The summed E-state index contributed by atoms with van der Waals surface area (Å²) in [5, 5.41) is 2.53. The molecule has 1 heterocycles. The van der Waals surface area contributed by atoms with Gasteiger partial charge >= 0.3 is 6.09 Å². The first-order valence-electron chi connectivity index (χ1n) is 8.95. The molecule has 1 aromatic rings. The Kier molecular flexibility index (Phi) is 6.62. The van der Waals surface area contributed by atoms with Crippen LogP contribution in [0.2, 0.25) is 0 Å². The number of carbonyl (C=O) groups is 2. The predicted molar refractivity (Wildman–Crippen MR) is 95.4 cm³/mol. The fraction of sp³-hybridized carbons (Fsp3) is 0.579. The minimum absolute atomic E-state index is 0.00105. The number of amides is 2. The molecule has 2 rings (SSSR count). The number of halogens is 2. The fourth-order valence-electron chi connectivity index (χ4n) is 2.76. The van der Waals surface area contributed by atoms with E-state index >= 15 is 0 Å². The Hall–Kier alpha value is -2.38. The Morgan fingerprint density at radius 3 is 2.41 bits per heavy atom. The predicted octanol–water partition coefficient (Wildman–Crippen LogP) is 3.25. The van der Waals surface area contributed by atoms with E-state index in [1.165, 1.54) is 6.07 Å². The molecule has 150 valence electrons. The summed E-state index contributed by atoms with van der Waals surface area (Å²) in [7, 11) is 0. The maximum absolute atomic E-state index is 13.7. The summed E-state index contributed by atoms with van der Waals surface area (Å²) in [4.78, 5) is 25.9. The van der Waals surface area contributed by atoms with E-state index in [9.17, 15) is 18.4 Å². The van der Waals surface area contributed by atoms with Crippen LogP contribution < -0.4 is 10.1 Å². The van der Waals surface area contributed by atoms with Gasteiger partial charge in [0.05, 0.1) is 0 Å². The number of ether oxygens (including phenoxy) is 2. The number of hydrogen-bond donors (Lipinski definition) is 1. The molecule has 0 bridgehead atoms. The van der Waals surface area contributed by atoms with Crippen LogP contribution in [0.3, 0.4) is 0 Å². The van der Waals surface area contributed by atoms with E-state index in [4.69, 9.17) is 9.47 Å². The van der Waals surface area contributed by atoms with Crippen LogP contribution in [0.5, 0.6) is 5.75 Å². The minimum atomic E-state index is -0.747. The molecule has 2 amide bonds. The lowest BCUT2D eigenvalue weighted by atomic mass is 10.1. The fourth-order valence-corrected chi connectivity index (χ4v) is 2.76. The van der Waals surface area contributed by atoms with E-state index in [-0.39, 0.29) is 17.8 Å². The summed E-state index contributed by atoms with van der Waals surface area (Å²) in [5.74, 6) is -1.62. The van der Waals surface area contributed by atoms with Crippen molar-refractivity contribution in [2.45, 2.75) is 58.3 Å². The first-order valence-corrected chi connectivity index (χ1v) is 8.95. The molecule has 1 aliphatic heterocycles. The molecule has 1 atom stereocenters. The van der Waals surface area contributed by atoms with Crippen molar-refractivity contribution in [3.05, 3.63) is 29.8 Å². The van der Waals surface area contributed by atoms with Gasteiger partial charge in [-0.15, -0.1) is 0 Å². The molecule has 6 nitrogen and oxygen atoms in total. The Morgan fingerprint density at radius 1 is 1.22 bits per heavy atom.